The van der Waals surface area contributed by atoms with Crippen LogP contribution in [0.2, 0.25) is 0 Å². The Morgan fingerprint density at radius 2 is 1.95 bits per heavy atom. The minimum absolute atomic E-state index is 0.0414. The van der Waals surface area contributed by atoms with Crippen LogP contribution in [-0.2, 0) is 4.79 Å². The van der Waals surface area contributed by atoms with Crippen LogP contribution in [0.3, 0.4) is 0 Å². The highest BCUT2D eigenvalue weighted by Gasteiger charge is 2.38. The highest BCUT2D eigenvalue weighted by molar-refractivity contribution is 6.04. The predicted octanol–water partition coefficient (Wildman–Crippen LogP) is 1.73. The van der Waals surface area contributed by atoms with Gasteiger partial charge in [-0.25, -0.2) is 4.79 Å². The van der Waals surface area contributed by atoms with E-state index in [1.54, 1.807) is 0 Å². The van der Waals surface area contributed by atoms with Crippen LogP contribution in [0.1, 0.15) is 43.4 Å². The van der Waals surface area contributed by atoms with E-state index in [1.165, 1.54) is 5.56 Å². The molecule has 3 amide bonds. The van der Waals surface area contributed by atoms with Crippen molar-refractivity contribution in [3.05, 3.63) is 35.4 Å². The van der Waals surface area contributed by atoms with E-state index in [9.17, 15) is 9.59 Å². The molecule has 0 bridgehead atoms. The van der Waals surface area contributed by atoms with E-state index in [0.29, 0.717) is 5.92 Å². The number of rotatable bonds is 5. The molecule has 4 N–H and O–H groups in total. The molecule has 0 spiro atoms. The van der Waals surface area contributed by atoms with Gasteiger partial charge < -0.3 is 11.1 Å². The molecule has 6 heteroatoms. The van der Waals surface area contributed by atoms with Gasteiger partial charge in [0.2, 0.25) is 0 Å². The number of nitrogens with zero attached hydrogens (tertiary/aromatic N) is 1. The summed E-state index contributed by atoms with van der Waals surface area (Å²) in [6, 6.07) is 6.60. The van der Waals surface area contributed by atoms with Gasteiger partial charge in [-0.05, 0) is 17.0 Å². The Labute approximate surface area is 123 Å². The number of imide groups is 1. The second-order valence-electron chi connectivity index (χ2n) is 5.47. The second-order valence-corrected chi connectivity index (χ2v) is 5.47. The number of hydrogen-bond donors (Lipinski definition) is 3. The van der Waals surface area contributed by atoms with E-state index in [4.69, 9.17) is 11.1 Å². The first-order valence-corrected chi connectivity index (χ1v) is 6.94. The van der Waals surface area contributed by atoms with Gasteiger partial charge in [0.05, 0.1) is 5.84 Å². The predicted molar refractivity (Wildman–Crippen MR) is 80.0 cm³/mol. The number of hydrogen-bond acceptors (Lipinski definition) is 3. The fourth-order valence-corrected chi connectivity index (χ4v) is 2.26. The molecule has 1 unspecified atom stereocenters. The number of amides is 3. The van der Waals surface area contributed by atoms with Gasteiger partial charge in [0, 0.05) is 13.0 Å². The zero-order valence-corrected chi connectivity index (χ0v) is 12.2. The van der Waals surface area contributed by atoms with Crippen molar-refractivity contribution in [3.8, 4) is 0 Å². The molecule has 0 radical (unpaired) electrons. The summed E-state index contributed by atoms with van der Waals surface area (Å²) in [5, 5.41) is 9.84. The van der Waals surface area contributed by atoms with Crippen LogP contribution in [0.5, 0.6) is 0 Å². The highest BCUT2D eigenvalue weighted by Crippen LogP contribution is 2.24. The first kappa shape index (κ1) is 15.0. The van der Waals surface area contributed by atoms with Crippen molar-refractivity contribution in [2.45, 2.75) is 32.2 Å². The summed E-state index contributed by atoms with van der Waals surface area (Å²) < 4.78 is 0. The minimum atomic E-state index is -0.648. The second kappa shape index (κ2) is 5.95. The van der Waals surface area contributed by atoms with Gasteiger partial charge in [0.15, 0.2) is 0 Å². The summed E-state index contributed by atoms with van der Waals surface area (Å²) >= 11 is 0. The zero-order valence-electron chi connectivity index (χ0n) is 12.2. The fourth-order valence-electron chi connectivity index (χ4n) is 2.26. The van der Waals surface area contributed by atoms with Crippen molar-refractivity contribution in [3.63, 3.8) is 0 Å². The lowest BCUT2D eigenvalue weighted by Crippen LogP contribution is -2.33. The summed E-state index contributed by atoms with van der Waals surface area (Å²) in [6.45, 7) is 4.34. The molecule has 21 heavy (non-hydrogen) atoms. The average Bonchev–Trinajstić information content (AvgIpc) is 2.72. The van der Waals surface area contributed by atoms with Crippen molar-refractivity contribution in [1.82, 2.24) is 10.2 Å². The quantitative estimate of drug-likeness (QED) is 0.437. The third kappa shape index (κ3) is 3.21. The first-order chi connectivity index (χ1) is 9.90. The van der Waals surface area contributed by atoms with E-state index in [1.807, 2.05) is 24.3 Å². The topological polar surface area (TPSA) is 99.3 Å². The summed E-state index contributed by atoms with van der Waals surface area (Å²) in [5.41, 5.74) is 7.22. The maximum absolute atomic E-state index is 12.3. The van der Waals surface area contributed by atoms with Crippen LogP contribution in [0, 0.1) is 5.41 Å². The van der Waals surface area contributed by atoms with Crippen LogP contribution >= 0.6 is 0 Å². The van der Waals surface area contributed by atoms with Crippen LogP contribution in [-0.4, -0.2) is 29.2 Å². The third-order valence-corrected chi connectivity index (χ3v) is 3.57. The Morgan fingerprint density at radius 3 is 2.48 bits per heavy atom. The Kier molecular flexibility index (Phi) is 4.26. The van der Waals surface area contributed by atoms with E-state index in [0.717, 1.165) is 10.5 Å². The largest absolute Gasteiger partial charge is 0.388 e. The van der Waals surface area contributed by atoms with Crippen LogP contribution in [0.25, 0.3) is 0 Å². The number of carbonyl (C=O) groups excluding carboxylic acids is 2. The van der Waals surface area contributed by atoms with Crippen molar-refractivity contribution < 1.29 is 9.59 Å². The molecule has 0 aromatic heterocycles. The van der Waals surface area contributed by atoms with E-state index >= 15 is 0 Å². The average molecular weight is 288 g/mol. The number of urea groups is 1. The van der Waals surface area contributed by atoms with Crippen molar-refractivity contribution in [2.24, 2.45) is 5.73 Å². The van der Waals surface area contributed by atoms with Crippen molar-refractivity contribution >= 4 is 17.8 Å². The number of nitrogens with two attached hydrogens (primary N) is 1. The normalized spacial score (nSPS) is 18.2. The van der Waals surface area contributed by atoms with Crippen molar-refractivity contribution in [1.29, 1.82) is 5.41 Å². The SMILES string of the molecule is CC(C)c1ccc(C2NC(=O)N(CCC(=N)N)C2=O)cc1. The van der Waals surface area contributed by atoms with Gasteiger partial charge in [0.25, 0.3) is 5.91 Å². The Hall–Kier alpha value is -2.37. The lowest BCUT2D eigenvalue weighted by Gasteiger charge is -2.13. The van der Waals surface area contributed by atoms with E-state index < -0.39 is 12.1 Å². The van der Waals surface area contributed by atoms with Crippen LogP contribution < -0.4 is 11.1 Å². The summed E-state index contributed by atoms with van der Waals surface area (Å²) in [4.78, 5) is 25.2. The highest BCUT2D eigenvalue weighted by atomic mass is 16.2. The fraction of sp³-hybridized carbons (Fsp3) is 0.400. The smallest absolute Gasteiger partial charge is 0.325 e. The van der Waals surface area contributed by atoms with E-state index in [2.05, 4.69) is 19.2 Å². The Balaban J connectivity index is 2.12. The van der Waals surface area contributed by atoms with Crippen molar-refractivity contribution in [2.75, 3.05) is 6.54 Å². The Morgan fingerprint density at radius 1 is 1.33 bits per heavy atom. The lowest BCUT2D eigenvalue weighted by atomic mass is 9.99. The molecule has 1 aliphatic heterocycles. The van der Waals surface area contributed by atoms with Crippen LogP contribution in [0.4, 0.5) is 4.79 Å². The minimum Gasteiger partial charge on any atom is -0.388 e. The molecule has 1 aromatic carbocycles. The third-order valence-electron chi connectivity index (χ3n) is 3.57. The van der Waals surface area contributed by atoms with Gasteiger partial charge in [0.1, 0.15) is 6.04 Å². The molecule has 112 valence electrons. The molecule has 1 atom stereocenters. The van der Waals surface area contributed by atoms with Crippen LogP contribution in [0.15, 0.2) is 24.3 Å². The number of benzene rings is 1. The lowest BCUT2D eigenvalue weighted by molar-refractivity contribution is -0.127. The molecule has 1 aromatic rings. The van der Waals surface area contributed by atoms with E-state index in [-0.39, 0.29) is 24.7 Å². The number of amidine groups is 1. The standard InChI is InChI=1S/C15H20N4O2/c1-9(2)10-3-5-11(6-4-10)13-14(20)19(15(21)18-13)8-7-12(16)17/h3-6,9,13H,7-8H2,1-2H3,(H3,16,17)(H,18,21). The molecular weight excluding hydrogens is 268 g/mol. The molecule has 1 fully saturated rings. The van der Waals surface area contributed by atoms with Gasteiger partial charge in [-0.2, -0.15) is 0 Å². The first-order valence-electron chi connectivity index (χ1n) is 6.94. The maximum Gasteiger partial charge on any atom is 0.325 e. The molecule has 0 aliphatic carbocycles. The molecule has 1 aliphatic rings. The summed E-state index contributed by atoms with van der Waals surface area (Å²) in [5.74, 6) is 0.0823. The summed E-state index contributed by atoms with van der Waals surface area (Å²) in [6.07, 6.45) is 0.193. The maximum atomic E-state index is 12.3. The molecule has 2 rings (SSSR count). The molecule has 0 saturated carbocycles. The molecule has 1 heterocycles. The van der Waals surface area contributed by atoms with Gasteiger partial charge in [-0.1, -0.05) is 38.1 Å². The number of carbonyl (C=O) groups is 2. The van der Waals surface area contributed by atoms with Gasteiger partial charge in [-0.3, -0.25) is 15.1 Å². The monoisotopic (exact) mass is 288 g/mol. The molecular formula is C15H20N4O2. The summed E-state index contributed by atoms with van der Waals surface area (Å²) in [7, 11) is 0. The molecule has 6 nitrogen and oxygen atoms in total. The van der Waals surface area contributed by atoms with Gasteiger partial charge in [-0.15, -0.1) is 0 Å². The zero-order chi connectivity index (χ0) is 15.6. The number of nitrogens with one attached hydrogen (secondary N) is 2. The Bertz CT molecular complexity index is 566. The van der Waals surface area contributed by atoms with Gasteiger partial charge >= 0.3 is 6.03 Å². The molecule has 1 saturated heterocycles.